The second kappa shape index (κ2) is 6.14. The van der Waals surface area contributed by atoms with Gasteiger partial charge in [-0.25, -0.2) is 0 Å². The molecular weight excluding hydrogens is 360 g/mol. The molecule has 3 nitrogen and oxygen atoms in total. The first-order valence-electron chi connectivity index (χ1n) is 9.69. The van der Waals surface area contributed by atoms with E-state index in [1.165, 1.54) is 10.8 Å². The molecule has 4 aromatic carbocycles. The highest BCUT2D eigenvalue weighted by Gasteiger charge is 2.38. The third-order valence-electron chi connectivity index (χ3n) is 5.69. The average Bonchev–Trinajstić information content (AvgIpc) is 3.27. The zero-order valence-electron chi connectivity index (χ0n) is 15.7. The van der Waals surface area contributed by atoms with Crippen LogP contribution in [0.2, 0.25) is 0 Å². The molecule has 0 bridgehead atoms. The van der Waals surface area contributed by atoms with E-state index in [9.17, 15) is 0 Å². The normalized spacial score (nSPS) is 19.0. The van der Waals surface area contributed by atoms with Gasteiger partial charge in [0.15, 0.2) is 17.1 Å². The predicted molar refractivity (Wildman–Crippen MR) is 113 cm³/mol. The molecule has 0 aliphatic carbocycles. The lowest BCUT2D eigenvalue weighted by atomic mass is 9.83. The summed E-state index contributed by atoms with van der Waals surface area (Å²) >= 11 is 0. The van der Waals surface area contributed by atoms with Gasteiger partial charge in [0.1, 0.15) is 5.75 Å². The zero-order valence-corrected chi connectivity index (χ0v) is 15.7. The van der Waals surface area contributed by atoms with Crippen LogP contribution in [0.15, 0.2) is 91.0 Å². The first kappa shape index (κ1) is 16.3. The van der Waals surface area contributed by atoms with Crippen LogP contribution in [0.1, 0.15) is 16.7 Å². The van der Waals surface area contributed by atoms with Crippen molar-refractivity contribution in [3.05, 3.63) is 108 Å². The summed E-state index contributed by atoms with van der Waals surface area (Å²) in [4.78, 5) is 0. The molecule has 0 saturated carbocycles. The van der Waals surface area contributed by atoms with E-state index >= 15 is 0 Å². The molecule has 0 radical (unpaired) electrons. The Hall–Kier alpha value is -3.72. The van der Waals surface area contributed by atoms with Gasteiger partial charge in [-0.2, -0.15) is 0 Å². The highest BCUT2D eigenvalue weighted by molar-refractivity contribution is 5.94. The Morgan fingerprint density at radius 2 is 1.45 bits per heavy atom. The maximum atomic E-state index is 6.78. The fourth-order valence-electron chi connectivity index (χ4n) is 4.23. The van der Waals surface area contributed by atoms with Gasteiger partial charge in [-0.15, -0.1) is 0 Å². The molecule has 2 heterocycles. The minimum absolute atomic E-state index is 0.253. The van der Waals surface area contributed by atoms with Crippen LogP contribution in [0.4, 0.5) is 0 Å². The molecule has 1 unspecified atom stereocenters. The molecule has 6 rings (SSSR count). The molecule has 4 aromatic rings. The van der Waals surface area contributed by atoms with Crippen molar-refractivity contribution in [2.24, 2.45) is 0 Å². The van der Waals surface area contributed by atoms with Crippen molar-refractivity contribution in [2.45, 2.75) is 5.60 Å². The van der Waals surface area contributed by atoms with E-state index in [-0.39, 0.29) is 6.79 Å². The van der Waals surface area contributed by atoms with Gasteiger partial charge >= 0.3 is 0 Å². The Labute approximate surface area is 168 Å². The molecule has 0 fully saturated rings. The predicted octanol–water partition coefficient (Wildman–Crippen LogP) is 5.92. The highest BCUT2D eigenvalue weighted by Crippen LogP contribution is 2.46. The Bertz CT molecular complexity index is 1260. The van der Waals surface area contributed by atoms with Crippen LogP contribution >= 0.6 is 0 Å². The minimum Gasteiger partial charge on any atom is -0.473 e. The van der Waals surface area contributed by atoms with Gasteiger partial charge in [0, 0.05) is 16.7 Å². The van der Waals surface area contributed by atoms with E-state index in [4.69, 9.17) is 14.2 Å². The van der Waals surface area contributed by atoms with Gasteiger partial charge in [-0.1, -0.05) is 66.7 Å². The number of fused-ring (bicyclic) bond motifs is 4. The van der Waals surface area contributed by atoms with E-state index in [2.05, 4.69) is 66.7 Å². The maximum Gasteiger partial charge on any atom is 0.231 e. The smallest absolute Gasteiger partial charge is 0.231 e. The van der Waals surface area contributed by atoms with E-state index < -0.39 is 5.60 Å². The van der Waals surface area contributed by atoms with Crippen LogP contribution in [-0.2, 0) is 5.60 Å². The first-order chi connectivity index (χ1) is 14.3. The summed E-state index contributed by atoms with van der Waals surface area (Å²) in [7, 11) is 0. The van der Waals surface area contributed by atoms with E-state index in [1.807, 2.05) is 30.3 Å². The molecule has 140 valence electrons. The SMILES string of the molecule is C1=CC(c2ccccc2)(c2ccc3c(c2)OCO3)Oc2ccc3ccccc3c21. The van der Waals surface area contributed by atoms with Crippen molar-refractivity contribution < 1.29 is 14.2 Å². The minimum atomic E-state index is -0.738. The second-order valence-corrected chi connectivity index (χ2v) is 7.30. The Balaban J connectivity index is 1.57. The van der Waals surface area contributed by atoms with Crippen molar-refractivity contribution in [3.63, 3.8) is 0 Å². The Kier molecular flexibility index (Phi) is 3.44. The van der Waals surface area contributed by atoms with Gasteiger partial charge in [0.05, 0.1) is 0 Å². The third-order valence-corrected chi connectivity index (χ3v) is 5.69. The lowest BCUT2D eigenvalue weighted by molar-refractivity contribution is 0.160. The molecule has 1 atom stereocenters. The summed E-state index contributed by atoms with van der Waals surface area (Å²) in [6.45, 7) is 0.253. The van der Waals surface area contributed by atoms with Gasteiger partial charge < -0.3 is 14.2 Å². The number of hydrogen-bond donors (Lipinski definition) is 0. The molecule has 2 aliphatic rings. The van der Waals surface area contributed by atoms with Crippen LogP contribution in [-0.4, -0.2) is 6.79 Å². The molecule has 0 N–H and O–H groups in total. The highest BCUT2D eigenvalue weighted by atomic mass is 16.7. The summed E-state index contributed by atoms with van der Waals surface area (Å²) < 4.78 is 17.9. The van der Waals surface area contributed by atoms with Crippen LogP contribution in [0.25, 0.3) is 16.8 Å². The van der Waals surface area contributed by atoms with E-state index in [0.29, 0.717) is 0 Å². The van der Waals surface area contributed by atoms with Crippen molar-refractivity contribution in [1.82, 2.24) is 0 Å². The second-order valence-electron chi connectivity index (χ2n) is 7.30. The van der Waals surface area contributed by atoms with E-state index in [0.717, 1.165) is 33.9 Å². The van der Waals surface area contributed by atoms with Crippen molar-refractivity contribution in [3.8, 4) is 17.2 Å². The van der Waals surface area contributed by atoms with Crippen LogP contribution in [0.3, 0.4) is 0 Å². The molecule has 0 amide bonds. The third kappa shape index (κ3) is 2.44. The number of benzene rings is 4. The van der Waals surface area contributed by atoms with Gasteiger partial charge in [-0.3, -0.25) is 0 Å². The molecular formula is C26H18O3. The largest absolute Gasteiger partial charge is 0.473 e. The number of hydrogen-bond acceptors (Lipinski definition) is 3. The molecule has 0 aromatic heterocycles. The van der Waals surface area contributed by atoms with Crippen molar-refractivity contribution in [1.29, 1.82) is 0 Å². The summed E-state index contributed by atoms with van der Waals surface area (Å²) in [5, 5.41) is 2.39. The topological polar surface area (TPSA) is 27.7 Å². The van der Waals surface area contributed by atoms with Crippen LogP contribution in [0.5, 0.6) is 17.2 Å². The van der Waals surface area contributed by atoms with Gasteiger partial charge in [-0.05, 0) is 41.1 Å². The first-order valence-corrected chi connectivity index (χ1v) is 9.69. The van der Waals surface area contributed by atoms with Crippen LogP contribution < -0.4 is 14.2 Å². The molecule has 0 saturated heterocycles. The van der Waals surface area contributed by atoms with Gasteiger partial charge in [0.2, 0.25) is 6.79 Å². The summed E-state index contributed by atoms with van der Waals surface area (Å²) in [5.74, 6) is 2.38. The standard InChI is InChI=1S/C26H18O3/c1-2-7-19(8-3-1)26(20-11-13-24-25(16-20)28-17-27-24)15-14-22-21-9-5-4-6-18(21)10-12-23(22)29-26/h1-16H,17H2. The van der Waals surface area contributed by atoms with Crippen molar-refractivity contribution >= 4 is 16.8 Å². The van der Waals surface area contributed by atoms with Gasteiger partial charge in [0.25, 0.3) is 0 Å². The monoisotopic (exact) mass is 378 g/mol. The van der Waals surface area contributed by atoms with Crippen LogP contribution in [0, 0.1) is 0 Å². The fourth-order valence-corrected chi connectivity index (χ4v) is 4.23. The molecule has 3 heteroatoms. The molecule has 29 heavy (non-hydrogen) atoms. The van der Waals surface area contributed by atoms with E-state index in [1.54, 1.807) is 0 Å². The molecule has 0 spiro atoms. The summed E-state index contributed by atoms with van der Waals surface area (Å²) in [5.41, 5.74) is 2.44. The summed E-state index contributed by atoms with van der Waals surface area (Å²) in [6, 6.07) is 28.9. The number of rotatable bonds is 2. The lowest BCUT2D eigenvalue weighted by Gasteiger charge is -2.36. The fraction of sp³-hybridized carbons (Fsp3) is 0.0769. The number of ether oxygens (including phenoxy) is 3. The summed E-state index contributed by atoms with van der Waals surface area (Å²) in [6.07, 6.45) is 4.33. The van der Waals surface area contributed by atoms with Crippen molar-refractivity contribution in [2.75, 3.05) is 6.79 Å². The zero-order chi connectivity index (χ0) is 19.3. The maximum absolute atomic E-state index is 6.78. The Morgan fingerprint density at radius 1 is 0.655 bits per heavy atom. The average molecular weight is 378 g/mol. The molecule has 2 aliphatic heterocycles. The quantitative estimate of drug-likeness (QED) is 0.433. The lowest BCUT2D eigenvalue weighted by Crippen LogP contribution is -2.34. The Morgan fingerprint density at radius 3 is 2.38 bits per heavy atom.